The van der Waals surface area contributed by atoms with Gasteiger partial charge >= 0.3 is 0 Å². The van der Waals surface area contributed by atoms with Crippen LogP contribution >= 0.6 is 0 Å². The van der Waals surface area contributed by atoms with Gasteiger partial charge in [-0.3, -0.25) is 0 Å². The van der Waals surface area contributed by atoms with E-state index in [9.17, 15) is 5.11 Å². The normalized spacial score (nSPS) is 17.0. The Kier molecular flexibility index (Phi) is 4.65. The van der Waals surface area contributed by atoms with Crippen LogP contribution in [0, 0.1) is 0 Å². The number of rotatable bonds is 4. The van der Waals surface area contributed by atoms with E-state index in [1.165, 1.54) is 37.7 Å². The zero-order chi connectivity index (χ0) is 13.0. The molecular weight excluding hydrogens is 224 g/mol. The predicted molar refractivity (Wildman–Crippen MR) is 74.0 cm³/mol. The third-order valence-corrected chi connectivity index (χ3v) is 4.05. The quantitative estimate of drug-likeness (QED) is 0.867. The largest absolute Gasteiger partial charge is 0.507 e. The second kappa shape index (κ2) is 6.24. The van der Waals surface area contributed by atoms with Gasteiger partial charge in [-0.1, -0.05) is 32.3 Å². The fourth-order valence-electron chi connectivity index (χ4n) is 2.99. The molecule has 0 heterocycles. The Bertz CT molecular complexity index is 392. The highest BCUT2D eigenvalue weighted by Gasteiger charge is 2.18. The fraction of sp³-hybridized carbons (Fsp3) is 0.625. The molecule has 1 saturated carbocycles. The van der Waals surface area contributed by atoms with E-state index in [1.807, 2.05) is 0 Å². The number of aromatic hydroxyl groups is 1. The molecule has 0 aromatic heterocycles. The average molecular weight is 248 g/mol. The first kappa shape index (κ1) is 13.4. The maximum atomic E-state index is 10.2. The fourth-order valence-corrected chi connectivity index (χ4v) is 2.99. The molecule has 0 saturated heterocycles. The van der Waals surface area contributed by atoms with Gasteiger partial charge in [0.15, 0.2) is 0 Å². The summed E-state index contributed by atoms with van der Waals surface area (Å²) in [5.41, 5.74) is 3.40. The lowest BCUT2D eigenvalue weighted by atomic mass is 9.82. The minimum Gasteiger partial charge on any atom is -0.507 e. The molecule has 0 aliphatic heterocycles. The maximum Gasteiger partial charge on any atom is 0.124 e. The molecule has 0 bridgehead atoms. The summed E-state index contributed by atoms with van der Waals surface area (Å²) in [5.74, 6) is 1.11. The third kappa shape index (κ3) is 2.86. The van der Waals surface area contributed by atoms with Crippen molar-refractivity contribution in [2.75, 3.05) is 7.11 Å². The van der Waals surface area contributed by atoms with Crippen LogP contribution in [-0.4, -0.2) is 12.2 Å². The monoisotopic (exact) mass is 248 g/mol. The predicted octanol–water partition coefficient (Wildman–Crippen LogP) is 4.15. The first-order valence-electron chi connectivity index (χ1n) is 7.09. The Morgan fingerprint density at radius 1 is 1.17 bits per heavy atom. The molecule has 18 heavy (non-hydrogen) atoms. The van der Waals surface area contributed by atoms with Crippen LogP contribution in [0.4, 0.5) is 0 Å². The Labute approximate surface area is 110 Å². The molecule has 1 aliphatic rings. The summed E-state index contributed by atoms with van der Waals surface area (Å²) in [5, 5.41) is 10.2. The molecule has 0 radical (unpaired) electrons. The second-order valence-electron chi connectivity index (χ2n) is 5.31. The summed E-state index contributed by atoms with van der Waals surface area (Å²) in [7, 11) is 1.68. The van der Waals surface area contributed by atoms with Crippen LogP contribution in [0.2, 0.25) is 0 Å². The van der Waals surface area contributed by atoms with Crippen LogP contribution in [0.25, 0.3) is 0 Å². The first-order valence-corrected chi connectivity index (χ1v) is 7.09. The summed E-state index contributed by atoms with van der Waals surface area (Å²) in [6, 6.07) is 4.35. The highest BCUT2D eigenvalue weighted by molar-refractivity contribution is 5.44. The summed E-state index contributed by atoms with van der Waals surface area (Å²) in [4.78, 5) is 0. The smallest absolute Gasteiger partial charge is 0.124 e. The number of methoxy groups -OCH3 is 1. The van der Waals surface area contributed by atoms with E-state index in [-0.39, 0.29) is 0 Å². The van der Waals surface area contributed by atoms with Gasteiger partial charge < -0.3 is 9.84 Å². The van der Waals surface area contributed by atoms with E-state index in [0.29, 0.717) is 18.3 Å². The number of phenols is 1. The van der Waals surface area contributed by atoms with Crippen molar-refractivity contribution in [1.29, 1.82) is 0 Å². The summed E-state index contributed by atoms with van der Waals surface area (Å²) >= 11 is 0. The van der Waals surface area contributed by atoms with Gasteiger partial charge in [-0.25, -0.2) is 0 Å². The van der Waals surface area contributed by atoms with Gasteiger partial charge in [0, 0.05) is 12.7 Å². The van der Waals surface area contributed by atoms with E-state index in [0.717, 1.165) is 17.5 Å². The minimum atomic E-state index is 0.430. The number of benzene rings is 1. The second-order valence-corrected chi connectivity index (χ2v) is 5.31. The number of hydrogen-bond donors (Lipinski definition) is 1. The van der Waals surface area contributed by atoms with E-state index in [2.05, 4.69) is 19.1 Å². The molecule has 1 fully saturated rings. The molecule has 1 aromatic carbocycles. The zero-order valence-electron chi connectivity index (χ0n) is 11.5. The SMILES string of the molecule is CCc1cc(C2CCCCC2)cc(COC)c1O. The van der Waals surface area contributed by atoms with Crippen LogP contribution in [0.3, 0.4) is 0 Å². The van der Waals surface area contributed by atoms with Crippen molar-refractivity contribution in [3.63, 3.8) is 0 Å². The molecule has 1 aromatic rings. The highest BCUT2D eigenvalue weighted by atomic mass is 16.5. The molecule has 0 unspecified atom stereocenters. The topological polar surface area (TPSA) is 29.5 Å². The molecule has 0 amide bonds. The van der Waals surface area contributed by atoms with Gasteiger partial charge in [-0.05, 0) is 42.4 Å². The zero-order valence-corrected chi connectivity index (χ0v) is 11.5. The molecule has 2 rings (SSSR count). The van der Waals surface area contributed by atoms with Crippen LogP contribution < -0.4 is 0 Å². The Morgan fingerprint density at radius 2 is 1.83 bits per heavy atom. The van der Waals surface area contributed by atoms with E-state index in [4.69, 9.17) is 4.74 Å². The summed E-state index contributed by atoms with van der Waals surface area (Å²) in [6.07, 6.45) is 7.52. The van der Waals surface area contributed by atoms with Gasteiger partial charge in [0.05, 0.1) is 6.61 Å². The lowest BCUT2D eigenvalue weighted by Crippen LogP contribution is -2.06. The lowest BCUT2D eigenvalue weighted by Gasteiger charge is -2.23. The van der Waals surface area contributed by atoms with Gasteiger partial charge in [0.25, 0.3) is 0 Å². The van der Waals surface area contributed by atoms with Gasteiger partial charge in [0.2, 0.25) is 0 Å². The molecule has 2 heteroatoms. The van der Waals surface area contributed by atoms with Crippen molar-refractivity contribution in [3.05, 3.63) is 28.8 Å². The van der Waals surface area contributed by atoms with Crippen LogP contribution in [-0.2, 0) is 17.8 Å². The van der Waals surface area contributed by atoms with Crippen molar-refractivity contribution in [2.45, 2.75) is 58.0 Å². The summed E-state index contributed by atoms with van der Waals surface area (Å²) in [6.45, 7) is 2.59. The molecule has 1 aliphatic carbocycles. The van der Waals surface area contributed by atoms with Crippen molar-refractivity contribution in [2.24, 2.45) is 0 Å². The van der Waals surface area contributed by atoms with E-state index >= 15 is 0 Å². The Hall–Kier alpha value is -1.02. The third-order valence-electron chi connectivity index (χ3n) is 4.05. The molecule has 0 spiro atoms. The van der Waals surface area contributed by atoms with Gasteiger partial charge in [-0.15, -0.1) is 0 Å². The van der Waals surface area contributed by atoms with Crippen molar-refractivity contribution in [1.82, 2.24) is 0 Å². The standard InChI is InChI=1S/C16H24O2/c1-3-12-9-14(13-7-5-4-6-8-13)10-15(11-18-2)16(12)17/h9-10,13,17H,3-8,11H2,1-2H3. The lowest BCUT2D eigenvalue weighted by molar-refractivity contribution is 0.181. The average Bonchev–Trinajstić information content (AvgIpc) is 2.42. The minimum absolute atomic E-state index is 0.430. The molecule has 1 N–H and O–H groups in total. The summed E-state index contributed by atoms with van der Waals surface area (Å²) < 4.78 is 5.19. The highest BCUT2D eigenvalue weighted by Crippen LogP contribution is 2.36. The molecule has 100 valence electrons. The van der Waals surface area contributed by atoms with Crippen molar-refractivity contribution in [3.8, 4) is 5.75 Å². The van der Waals surface area contributed by atoms with Gasteiger partial charge in [0.1, 0.15) is 5.75 Å². The van der Waals surface area contributed by atoms with Gasteiger partial charge in [-0.2, -0.15) is 0 Å². The number of aryl methyl sites for hydroxylation is 1. The first-order chi connectivity index (χ1) is 8.76. The number of ether oxygens (including phenoxy) is 1. The van der Waals surface area contributed by atoms with Crippen LogP contribution in [0.1, 0.15) is 61.6 Å². The molecule has 2 nitrogen and oxygen atoms in total. The molecular formula is C16H24O2. The molecule has 0 atom stereocenters. The number of phenolic OH excluding ortho intramolecular Hbond substituents is 1. The Morgan fingerprint density at radius 3 is 2.44 bits per heavy atom. The van der Waals surface area contributed by atoms with Crippen LogP contribution in [0.5, 0.6) is 5.75 Å². The van der Waals surface area contributed by atoms with E-state index in [1.54, 1.807) is 7.11 Å². The van der Waals surface area contributed by atoms with Crippen molar-refractivity contribution >= 4 is 0 Å². The van der Waals surface area contributed by atoms with Crippen molar-refractivity contribution < 1.29 is 9.84 Å². The van der Waals surface area contributed by atoms with E-state index < -0.39 is 0 Å². The Balaban J connectivity index is 2.31. The maximum absolute atomic E-state index is 10.2. The van der Waals surface area contributed by atoms with Crippen LogP contribution in [0.15, 0.2) is 12.1 Å². The number of hydrogen-bond acceptors (Lipinski definition) is 2.